The van der Waals surface area contributed by atoms with Gasteiger partial charge in [-0.2, -0.15) is 0 Å². The van der Waals surface area contributed by atoms with Gasteiger partial charge in [0.2, 0.25) is 0 Å². The van der Waals surface area contributed by atoms with Crippen molar-refractivity contribution in [1.82, 2.24) is 0 Å². The van der Waals surface area contributed by atoms with E-state index in [-0.39, 0.29) is 0 Å². The van der Waals surface area contributed by atoms with Crippen molar-refractivity contribution in [1.29, 1.82) is 0 Å². The quantitative estimate of drug-likeness (QED) is 0.191. The highest BCUT2D eigenvalue weighted by molar-refractivity contribution is 7.23. The number of rotatable bonds is 5. The molecule has 52 heavy (non-hydrogen) atoms. The van der Waals surface area contributed by atoms with Gasteiger partial charge in [0.05, 0.1) is 0 Å². The SMILES string of the molecule is Nc1ccc2c(c1)-c1ccccc1[Si]2(c1ccccc1)c1cccc(-c2cc(N)c3c(c2)[Si](c2ccccc2)(c2ccccc2)c2ccccc2-3)c1. The molecule has 4 N–H and O–H groups in total. The third kappa shape index (κ3) is 4.16. The number of nitrogen functional groups attached to an aromatic ring is 2. The molecule has 0 radical (unpaired) electrons. The van der Waals surface area contributed by atoms with Crippen LogP contribution in [0.4, 0.5) is 11.4 Å². The van der Waals surface area contributed by atoms with Gasteiger partial charge in [0.25, 0.3) is 0 Å². The Morgan fingerprint density at radius 1 is 0.308 bits per heavy atom. The van der Waals surface area contributed by atoms with Crippen LogP contribution < -0.4 is 53.0 Å². The molecule has 0 saturated carbocycles. The van der Waals surface area contributed by atoms with Gasteiger partial charge >= 0.3 is 0 Å². The van der Waals surface area contributed by atoms with E-state index in [1.54, 1.807) is 0 Å². The molecule has 8 aromatic rings. The highest BCUT2D eigenvalue weighted by atomic mass is 28.3. The van der Waals surface area contributed by atoms with Gasteiger partial charge in [-0.15, -0.1) is 0 Å². The molecule has 0 amide bonds. The van der Waals surface area contributed by atoms with Gasteiger partial charge < -0.3 is 11.5 Å². The van der Waals surface area contributed by atoms with Crippen LogP contribution in [-0.4, -0.2) is 16.1 Å². The summed E-state index contributed by atoms with van der Waals surface area (Å²) in [7, 11) is -5.42. The third-order valence-electron chi connectivity index (χ3n) is 11.5. The maximum Gasteiger partial charge on any atom is 0.180 e. The number of nitrogens with two attached hydrogens (primary N) is 2. The van der Waals surface area contributed by atoms with E-state index in [1.807, 2.05) is 0 Å². The Morgan fingerprint density at radius 3 is 1.44 bits per heavy atom. The molecule has 2 aliphatic heterocycles. The van der Waals surface area contributed by atoms with Crippen LogP contribution in [0.3, 0.4) is 0 Å². The molecule has 8 aromatic carbocycles. The number of anilines is 2. The van der Waals surface area contributed by atoms with Crippen molar-refractivity contribution in [3.63, 3.8) is 0 Å². The Kier molecular flexibility index (Phi) is 6.87. The Hall–Kier alpha value is -6.21. The summed E-state index contributed by atoms with van der Waals surface area (Å²) < 4.78 is 0. The third-order valence-corrected chi connectivity index (χ3v) is 21.2. The molecule has 0 saturated heterocycles. The summed E-state index contributed by atoms with van der Waals surface area (Å²) in [4.78, 5) is 0. The summed E-state index contributed by atoms with van der Waals surface area (Å²) in [5.41, 5.74) is 22.6. The minimum absolute atomic E-state index is 0.791. The Morgan fingerprint density at radius 2 is 0.808 bits per heavy atom. The van der Waals surface area contributed by atoms with Gasteiger partial charge in [-0.05, 0) is 87.5 Å². The summed E-state index contributed by atoms with van der Waals surface area (Å²) in [6.45, 7) is 0. The first-order valence-electron chi connectivity index (χ1n) is 17.9. The van der Waals surface area contributed by atoms with Crippen LogP contribution in [0.15, 0.2) is 194 Å². The predicted octanol–water partition coefficient (Wildman–Crippen LogP) is 5.23. The number of hydrogen-bond acceptors (Lipinski definition) is 2. The molecular weight excluding hydrogens is 661 g/mol. The molecule has 1 atom stereocenters. The highest BCUT2D eigenvalue weighted by Crippen LogP contribution is 2.36. The standard InChI is InChI=1S/C48H36N2Si2/c49-35-27-28-46-42(32-35)40-23-10-12-25-44(40)52(46,38-20-8-3-9-21-38)39-22-14-15-33(29-39)34-30-43(50)48-41-24-11-13-26-45(41)51(47(48)31-34,36-16-4-1-5-17-36)37-18-6-2-7-19-37/h1-32H,49-50H2. The molecule has 2 heterocycles. The van der Waals surface area contributed by atoms with Crippen molar-refractivity contribution < 1.29 is 0 Å². The average Bonchev–Trinajstić information content (AvgIpc) is 3.67. The van der Waals surface area contributed by atoms with E-state index in [0.717, 1.165) is 16.9 Å². The van der Waals surface area contributed by atoms with Crippen molar-refractivity contribution >= 4 is 69.0 Å². The minimum Gasteiger partial charge on any atom is -0.399 e. The number of benzene rings is 8. The number of hydrogen-bond donors (Lipinski definition) is 2. The van der Waals surface area contributed by atoms with E-state index in [9.17, 15) is 0 Å². The summed E-state index contributed by atoms with van der Waals surface area (Å²) in [5.74, 6) is 0. The second kappa shape index (κ2) is 11.7. The van der Waals surface area contributed by atoms with Crippen LogP contribution >= 0.6 is 0 Å². The lowest BCUT2D eigenvalue weighted by Gasteiger charge is -2.32. The minimum atomic E-state index is -2.71. The lowest BCUT2D eigenvalue weighted by Crippen LogP contribution is -2.73. The highest BCUT2D eigenvalue weighted by Gasteiger charge is 2.50. The first kappa shape index (κ1) is 30.6. The summed E-state index contributed by atoms with van der Waals surface area (Å²) in [6, 6.07) is 71.9. The zero-order chi connectivity index (χ0) is 34.9. The normalized spacial score (nSPS) is 16.1. The van der Waals surface area contributed by atoms with Crippen LogP contribution in [0.25, 0.3) is 33.4 Å². The first-order chi connectivity index (χ1) is 25.6. The fraction of sp³-hybridized carbons (Fsp3) is 0. The molecule has 0 fully saturated rings. The Labute approximate surface area is 306 Å². The zero-order valence-corrected chi connectivity index (χ0v) is 30.6. The number of fused-ring (bicyclic) bond motifs is 6. The molecule has 0 bridgehead atoms. The fourth-order valence-electron chi connectivity index (χ4n) is 9.48. The lowest BCUT2D eigenvalue weighted by molar-refractivity contribution is 1.63. The molecule has 10 rings (SSSR count). The van der Waals surface area contributed by atoms with Gasteiger partial charge in [0, 0.05) is 16.9 Å². The first-order valence-corrected chi connectivity index (χ1v) is 21.9. The zero-order valence-electron chi connectivity index (χ0n) is 28.6. The van der Waals surface area contributed by atoms with E-state index < -0.39 is 16.1 Å². The smallest absolute Gasteiger partial charge is 0.180 e. The van der Waals surface area contributed by atoms with Crippen molar-refractivity contribution in [3.8, 4) is 33.4 Å². The summed E-state index contributed by atoms with van der Waals surface area (Å²) in [5, 5.41) is 11.0. The maximum absolute atomic E-state index is 7.24. The molecule has 4 heteroatoms. The largest absolute Gasteiger partial charge is 0.399 e. The van der Waals surface area contributed by atoms with Crippen LogP contribution in [-0.2, 0) is 0 Å². The van der Waals surface area contributed by atoms with Gasteiger partial charge in [0.1, 0.15) is 0 Å². The van der Waals surface area contributed by atoms with Crippen LogP contribution in [0, 0.1) is 0 Å². The van der Waals surface area contributed by atoms with E-state index in [1.165, 1.54) is 69.3 Å². The second-order valence-corrected chi connectivity index (χ2v) is 21.5. The van der Waals surface area contributed by atoms with E-state index in [4.69, 9.17) is 11.5 Å². The summed E-state index contributed by atoms with van der Waals surface area (Å²) >= 11 is 0. The van der Waals surface area contributed by atoms with Gasteiger partial charge in [0.15, 0.2) is 16.1 Å². The van der Waals surface area contributed by atoms with Gasteiger partial charge in [-0.3, -0.25) is 0 Å². The molecule has 0 aliphatic carbocycles. The topological polar surface area (TPSA) is 52.0 Å². The lowest BCUT2D eigenvalue weighted by atomic mass is 9.98. The van der Waals surface area contributed by atoms with E-state index in [0.29, 0.717) is 0 Å². The van der Waals surface area contributed by atoms with Gasteiger partial charge in [-0.25, -0.2) is 0 Å². The molecule has 2 nitrogen and oxygen atoms in total. The molecule has 246 valence electrons. The molecule has 1 unspecified atom stereocenters. The molecule has 0 spiro atoms. The van der Waals surface area contributed by atoms with Crippen LogP contribution in [0.1, 0.15) is 0 Å². The fourth-order valence-corrected chi connectivity index (χ4v) is 19.9. The summed E-state index contributed by atoms with van der Waals surface area (Å²) in [6.07, 6.45) is 0. The second-order valence-electron chi connectivity index (χ2n) is 14.1. The average molecular weight is 697 g/mol. The maximum atomic E-state index is 7.24. The Bertz CT molecular complexity index is 2620. The van der Waals surface area contributed by atoms with Crippen molar-refractivity contribution in [2.24, 2.45) is 0 Å². The van der Waals surface area contributed by atoms with Crippen LogP contribution in [0.2, 0.25) is 0 Å². The monoisotopic (exact) mass is 696 g/mol. The Balaban J connectivity index is 1.25. The van der Waals surface area contributed by atoms with Crippen molar-refractivity contribution in [3.05, 3.63) is 194 Å². The molecule has 2 aliphatic rings. The molecule has 0 aromatic heterocycles. The van der Waals surface area contributed by atoms with Crippen LogP contribution in [0.5, 0.6) is 0 Å². The van der Waals surface area contributed by atoms with Gasteiger partial charge in [-0.1, -0.05) is 176 Å². The van der Waals surface area contributed by atoms with Crippen molar-refractivity contribution in [2.45, 2.75) is 0 Å². The predicted molar refractivity (Wildman–Crippen MR) is 226 cm³/mol. The van der Waals surface area contributed by atoms with E-state index >= 15 is 0 Å². The van der Waals surface area contributed by atoms with Crippen molar-refractivity contribution in [2.75, 3.05) is 11.5 Å². The van der Waals surface area contributed by atoms with E-state index in [2.05, 4.69) is 194 Å². The molecular formula is C48H36N2Si2.